The molecule has 7 rings (SSSR count). The van der Waals surface area contributed by atoms with Gasteiger partial charge in [-0.1, -0.05) is 40.5 Å². The highest BCUT2D eigenvalue weighted by atomic mass is 35.5. The number of anilines is 1. The second-order valence-corrected chi connectivity index (χ2v) is 12.2. The predicted octanol–water partition coefficient (Wildman–Crippen LogP) is 6.90. The number of benzene rings is 2. The molecule has 1 aromatic heterocycles. The minimum Gasteiger partial charge on any atom is -0.481 e. The van der Waals surface area contributed by atoms with Crippen molar-refractivity contribution in [1.29, 1.82) is 0 Å². The van der Waals surface area contributed by atoms with Crippen LogP contribution in [0.15, 0.2) is 40.9 Å². The summed E-state index contributed by atoms with van der Waals surface area (Å²) < 4.78 is 12.4. The molecule has 198 valence electrons. The van der Waals surface area contributed by atoms with Crippen molar-refractivity contribution in [2.24, 2.45) is 11.8 Å². The zero-order chi connectivity index (χ0) is 26.0. The lowest BCUT2D eigenvalue weighted by Crippen LogP contribution is -2.38. The van der Waals surface area contributed by atoms with Crippen LogP contribution in [0, 0.1) is 11.8 Å². The summed E-state index contributed by atoms with van der Waals surface area (Å²) in [4.78, 5) is 13.9. The number of nitrogens with zero attached hydrogens (tertiary/aromatic N) is 2. The van der Waals surface area contributed by atoms with Gasteiger partial charge in [0.1, 0.15) is 11.5 Å². The highest BCUT2D eigenvalue weighted by molar-refractivity contribution is 6.39. The Bertz CT molecular complexity index is 1380. The van der Waals surface area contributed by atoms with E-state index in [0.717, 1.165) is 56.4 Å². The van der Waals surface area contributed by atoms with Crippen molar-refractivity contribution < 1.29 is 19.2 Å². The zero-order valence-electron chi connectivity index (χ0n) is 21.0. The summed E-state index contributed by atoms with van der Waals surface area (Å²) in [6.07, 6.45) is 6.74. The zero-order valence-corrected chi connectivity index (χ0v) is 22.5. The predicted molar refractivity (Wildman–Crippen MR) is 146 cm³/mol. The maximum atomic E-state index is 11.4. The summed E-state index contributed by atoms with van der Waals surface area (Å²) in [5.41, 5.74) is 6.15. The van der Waals surface area contributed by atoms with Gasteiger partial charge in [0.15, 0.2) is 0 Å². The highest BCUT2D eigenvalue weighted by Gasteiger charge is 2.46. The SMILES string of the molecule is O=C(O)[C@H]1CCc2cc(N3C[C@@H]4C[C@H]3C[C@H]4OCc3c(-c4c(Cl)cccc4Cl)noc3C3CC3)ccc2C1. The third kappa shape index (κ3) is 4.31. The van der Waals surface area contributed by atoms with Gasteiger partial charge in [-0.05, 0) is 80.3 Å². The van der Waals surface area contributed by atoms with Gasteiger partial charge in [-0.2, -0.15) is 0 Å². The first-order valence-electron chi connectivity index (χ1n) is 13.6. The molecule has 3 fully saturated rings. The van der Waals surface area contributed by atoms with Crippen LogP contribution >= 0.6 is 23.2 Å². The normalized spacial score (nSPS) is 26.1. The molecule has 0 spiro atoms. The highest BCUT2D eigenvalue weighted by Crippen LogP contribution is 2.47. The Balaban J connectivity index is 1.05. The molecule has 1 saturated heterocycles. The second-order valence-electron chi connectivity index (χ2n) is 11.4. The van der Waals surface area contributed by atoms with E-state index in [0.29, 0.717) is 52.2 Å². The molecule has 2 bridgehead atoms. The molecular weight excluding hydrogens is 523 g/mol. The summed E-state index contributed by atoms with van der Waals surface area (Å²) in [6, 6.07) is 12.6. The fraction of sp³-hybridized carbons (Fsp3) is 0.467. The van der Waals surface area contributed by atoms with Gasteiger partial charge in [0.05, 0.1) is 28.7 Å². The minimum atomic E-state index is -0.680. The summed E-state index contributed by atoms with van der Waals surface area (Å²) in [7, 11) is 0. The number of carbonyl (C=O) groups is 1. The molecule has 0 radical (unpaired) electrons. The lowest BCUT2D eigenvalue weighted by atomic mass is 9.83. The van der Waals surface area contributed by atoms with E-state index in [4.69, 9.17) is 32.5 Å². The average Bonchev–Trinajstić information content (AvgIpc) is 3.36. The lowest BCUT2D eigenvalue weighted by Gasteiger charge is -2.34. The molecule has 1 N–H and O–H groups in total. The first-order valence-corrected chi connectivity index (χ1v) is 14.4. The molecule has 2 saturated carbocycles. The number of carboxylic acids is 1. The van der Waals surface area contributed by atoms with E-state index in [2.05, 4.69) is 28.3 Å². The van der Waals surface area contributed by atoms with Gasteiger partial charge >= 0.3 is 5.97 Å². The van der Waals surface area contributed by atoms with Gasteiger partial charge in [-0.15, -0.1) is 0 Å². The molecule has 6 nitrogen and oxygen atoms in total. The molecule has 2 aromatic carbocycles. The van der Waals surface area contributed by atoms with Gasteiger partial charge in [0, 0.05) is 41.2 Å². The average molecular weight is 553 g/mol. The Kier molecular flexibility index (Phi) is 6.18. The van der Waals surface area contributed by atoms with Crippen LogP contribution in [0.2, 0.25) is 10.0 Å². The van der Waals surface area contributed by atoms with Crippen molar-refractivity contribution in [3.63, 3.8) is 0 Å². The van der Waals surface area contributed by atoms with Gasteiger partial charge in [-0.25, -0.2) is 0 Å². The van der Waals surface area contributed by atoms with Crippen LogP contribution in [0.4, 0.5) is 5.69 Å². The molecule has 3 aliphatic carbocycles. The van der Waals surface area contributed by atoms with Crippen LogP contribution in [0.5, 0.6) is 0 Å². The van der Waals surface area contributed by atoms with E-state index >= 15 is 0 Å². The number of hydrogen-bond acceptors (Lipinski definition) is 5. The molecule has 2 heterocycles. The van der Waals surface area contributed by atoms with Gasteiger partial charge < -0.3 is 19.3 Å². The summed E-state index contributed by atoms with van der Waals surface area (Å²) >= 11 is 13.0. The van der Waals surface area contributed by atoms with Gasteiger partial charge in [-0.3, -0.25) is 4.79 Å². The van der Waals surface area contributed by atoms with Crippen LogP contribution in [-0.2, 0) is 29.0 Å². The number of aromatic nitrogens is 1. The van der Waals surface area contributed by atoms with Crippen LogP contribution in [-0.4, -0.2) is 34.9 Å². The fourth-order valence-corrected chi connectivity index (χ4v) is 7.37. The van der Waals surface area contributed by atoms with Crippen molar-refractivity contribution >= 4 is 34.9 Å². The molecule has 4 aliphatic rings. The Morgan fingerprint density at radius 2 is 1.92 bits per heavy atom. The number of fused-ring (bicyclic) bond motifs is 3. The van der Waals surface area contributed by atoms with Crippen LogP contribution in [0.3, 0.4) is 0 Å². The van der Waals surface area contributed by atoms with Crippen molar-refractivity contribution in [3.05, 3.63) is 68.9 Å². The van der Waals surface area contributed by atoms with Crippen LogP contribution in [0.1, 0.15) is 60.5 Å². The minimum absolute atomic E-state index is 0.196. The van der Waals surface area contributed by atoms with E-state index in [-0.39, 0.29) is 12.0 Å². The van der Waals surface area contributed by atoms with Crippen LogP contribution in [0.25, 0.3) is 11.3 Å². The van der Waals surface area contributed by atoms with Gasteiger partial charge in [0.2, 0.25) is 0 Å². The molecule has 4 atom stereocenters. The Morgan fingerprint density at radius 1 is 1.11 bits per heavy atom. The number of hydrogen-bond donors (Lipinski definition) is 1. The summed E-state index contributed by atoms with van der Waals surface area (Å²) in [5, 5.41) is 14.9. The number of aryl methyl sites for hydroxylation is 1. The Hall–Kier alpha value is -2.54. The first kappa shape index (κ1) is 24.5. The Morgan fingerprint density at radius 3 is 2.63 bits per heavy atom. The molecule has 3 aromatic rings. The molecule has 1 aliphatic heterocycles. The molecule has 0 unspecified atom stereocenters. The van der Waals surface area contributed by atoms with E-state index in [1.54, 1.807) is 0 Å². The van der Waals surface area contributed by atoms with E-state index in [1.807, 2.05) is 18.2 Å². The number of halogens is 2. The third-order valence-electron chi connectivity index (χ3n) is 8.98. The van der Waals surface area contributed by atoms with Crippen molar-refractivity contribution in [3.8, 4) is 11.3 Å². The maximum Gasteiger partial charge on any atom is 0.306 e. The lowest BCUT2D eigenvalue weighted by molar-refractivity contribution is -0.142. The van der Waals surface area contributed by atoms with Crippen LogP contribution < -0.4 is 4.90 Å². The fourth-order valence-electron chi connectivity index (χ4n) is 6.80. The van der Waals surface area contributed by atoms with Crippen molar-refractivity contribution in [2.75, 3.05) is 11.4 Å². The number of aliphatic carboxylic acids is 1. The largest absolute Gasteiger partial charge is 0.481 e. The van der Waals surface area contributed by atoms with E-state index in [9.17, 15) is 9.90 Å². The van der Waals surface area contributed by atoms with E-state index < -0.39 is 5.97 Å². The van der Waals surface area contributed by atoms with Crippen molar-refractivity contribution in [1.82, 2.24) is 5.16 Å². The van der Waals surface area contributed by atoms with Gasteiger partial charge in [0.25, 0.3) is 0 Å². The number of piperidine rings is 1. The van der Waals surface area contributed by atoms with Crippen molar-refractivity contribution in [2.45, 2.75) is 69.6 Å². The topological polar surface area (TPSA) is 75.8 Å². The van der Waals surface area contributed by atoms with E-state index in [1.165, 1.54) is 16.8 Å². The Labute approximate surface area is 231 Å². The summed E-state index contributed by atoms with van der Waals surface area (Å²) in [5.74, 6) is 0.861. The quantitative estimate of drug-likeness (QED) is 0.343. The number of rotatable bonds is 7. The number of carboxylic acid groups (broad SMARTS) is 1. The molecular formula is C30H30Cl2N2O4. The standard InChI is InChI=1S/C30H30Cl2N2O4/c31-24-2-1-3-25(32)27(24)28-23(29(38-33-28)16-4-5-16)15-37-26-13-22-12-20(26)14-34(22)21-9-8-17-10-19(30(35)36)7-6-18(17)11-21/h1-3,8-9,11,16,19-20,22,26H,4-7,10,12-15H2,(H,35,36)/t19-,20-,22-,26+/m0/s1. The second kappa shape index (κ2) is 9.58. The third-order valence-corrected chi connectivity index (χ3v) is 9.61. The maximum absolute atomic E-state index is 11.4. The monoisotopic (exact) mass is 552 g/mol. The number of ether oxygens (including phenoxy) is 1. The molecule has 0 amide bonds. The first-order chi connectivity index (χ1) is 18.5. The summed E-state index contributed by atoms with van der Waals surface area (Å²) in [6.45, 7) is 1.43. The molecule has 38 heavy (non-hydrogen) atoms. The molecule has 8 heteroatoms. The smallest absolute Gasteiger partial charge is 0.306 e.